The summed E-state index contributed by atoms with van der Waals surface area (Å²) in [6.45, 7) is 2.50. The number of halogens is 1. The van der Waals surface area contributed by atoms with Gasteiger partial charge in [-0.2, -0.15) is 4.98 Å². The Balaban J connectivity index is 1.33. The molecule has 0 spiro atoms. The average molecular weight is 347 g/mol. The number of ether oxygens (including phenoxy) is 2. The second kappa shape index (κ2) is 7.49. The molecule has 1 aromatic heterocycles. The molecule has 0 radical (unpaired) electrons. The lowest BCUT2D eigenvalue weighted by molar-refractivity contribution is -0.0933. The van der Waals surface area contributed by atoms with Crippen molar-refractivity contribution in [3.63, 3.8) is 0 Å². The molecular weight excluding hydrogens is 325 g/mol. The molecule has 25 heavy (non-hydrogen) atoms. The third-order valence-electron chi connectivity index (χ3n) is 4.88. The number of rotatable bonds is 5. The van der Waals surface area contributed by atoms with E-state index in [-0.39, 0.29) is 12.4 Å². The zero-order valence-electron chi connectivity index (χ0n) is 14.1. The molecule has 0 amide bonds. The molecule has 2 atom stereocenters. The van der Waals surface area contributed by atoms with Crippen molar-refractivity contribution < 1.29 is 18.4 Å². The second-order valence-electron chi connectivity index (χ2n) is 6.58. The topological polar surface area (TPSA) is 60.6 Å². The van der Waals surface area contributed by atoms with E-state index >= 15 is 0 Å². The fourth-order valence-corrected chi connectivity index (χ4v) is 3.64. The Kier molecular flexibility index (Phi) is 4.94. The van der Waals surface area contributed by atoms with Crippen molar-refractivity contribution >= 4 is 0 Å². The van der Waals surface area contributed by atoms with E-state index < -0.39 is 0 Å². The summed E-state index contributed by atoms with van der Waals surface area (Å²) in [6.07, 6.45) is 5.15. The molecule has 6 nitrogen and oxygen atoms in total. The van der Waals surface area contributed by atoms with E-state index in [1.54, 1.807) is 12.1 Å². The van der Waals surface area contributed by atoms with E-state index in [1.807, 2.05) is 0 Å². The first kappa shape index (κ1) is 16.5. The number of nitrogens with zero attached hydrogens (tertiary/aromatic N) is 3. The van der Waals surface area contributed by atoms with Crippen LogP contribution in [-0.4, -0.2) is 40.3 Å². The van der Waals surface area contributed by atoms with Gasteiger partial charge in [0.25, 0.3) is 0 Å². The molecule has 0 unspecified atom stereocenters. The van der Waals surface area contributed by atoms with Gasteiger partial charge in [-0.15, -0.1) is 0 Å². The van der Waals surface area contributed by atoms with Crippen LogP contribution in [0, 0.1) is 5.82 Å². The van der Waals surface area contributed by atoms with Crippen molar-refractivity contribution in [3.05, 3.63) is 41.8 Å². The molecule has 1 saturated heterocycles. The van der Waals surface area contributed by atoms with Crippen molar-refractivity contribution in [2.75, 3.05) is 13.2 Å². The molecule has 1 aliphatic carbocycles. The minimum absolute atomic E-state index is 0.199. The van der Waals surface area contributed by atoms with Crippen LogP contribution in [0.25, 0.3) is 0 Å². The first-order valence-electron chi connectivity index (χ1n) is 8.83. The highest BCUT2D eigenvalue weighted by molar-refractivity contribution is 5.22. The van der Waals surface area contributed by atoms with Crippen LogP contribution in [0.4, 0.5) is 4.39 Å². The Morgan fingerprint density at radius 3 is 2.92 bits per heavy atom. The van der Waals surface area contributed by atoms with Crippen LogP contribution in [0.15, 0.2) is 28.8 Å². The van der Waals surface area contributed by atoms with Gasteiger partial charge in [0.1, 0.15) is 11.6 Å². The third kappa shape index (κ3) is 3.99. The lowest BCUT2D eigenvalue weighted by Crippen LogP contribution is -2.52. The Morgan fingerprint density at radius 2 is 2.04 bits per heavy atom. The van der Waals surface area contributed by atoms with Gasteiger partial charge < -0.3 is 14.0 Å². The fraction of sp³-hybridized carbons (Fsp3) is 0.556. The number of hydrogen-bond donors (Lipinski definition) is 0. The summed E-state index contributed by atoms with van der Waals surface area (Å²) < 4.78 is 29.7. The quantitative estimate of drug-likeness (QED) is 0.829. The summed E-state index contributed by atoms with van der Waals surface area (Å²) in [5.74, 6) is 1.38. The Labute approximate surface area is 145 Å². The lowest BCUT2D eigenvalue weighted by atomic mass is 9.90. The van der Waals surface area contributed by atoms with Gasteiger partial charge >= 0.3 is 0 Å². The predicted molar refractivity (Wildman–Crippen MR) is 87.4 cm³/mol. The maximum atomic E-state index is 12.9. The molecule has 1 saturated carbocycles. The van der Waals surface area contributed by atoms with Crippen molar-refractivity contribution in [2.24, 2.45) is 0 Å². The van der Waals surface area contributed by atoms with E-state index in [1.165, 1.54) is 31.4 Å². The third-order valence-corrected chi connectivity index (χ3v) is 4.88. The maximum absolute atomic E-state index is 12.9. The molecule has 7 heteroatoms. The number of fused-ring (bicyclic) bond motifs is 1. The maximum Gasteiger partial charge on any atom is 0.240 e. The minimum Gasteiger partial charge on any atom is -0.485 e. The normalized spacial score (nSPS) is 24.0. The molecule has 2 fully saturated rings. The molecule has 1 aromatic carbocycles. The van der Waals surface area contributed by atoms with Gasteiger partial charge in [-0.3, -0.25) is 4.90 Å². The predicted octanol–water partition coefficient (Wildman–Crippen LogP) is 2.93. The summed E-state index contributed by atoms with van der Waals surface area (Å²) in [5, 5.41) is 3.98. The standard InChI is InChI=1S/C18H22FN3O3/c19-13-5-7-14(8-6-13)24-12-17-20-18(25-21-17)11-22-9-10-23-16-4-2-1-3-15(16)22/h5-8,15-16H,1-4,9-12H2/t15-,16+/m1/s1. The fourth-order valence-electron chi connectivity index (χ4n) is 3.64. The first-order valence-corrected chi connectivity index (χ1v) is 8.83. The van der Waals surface area contributed by atoms with Crippen LogP contribution in [0.3, 0.4) is 0 Å². The van der Waals surface area contributed by atoms with Crippen molar-refractivity contribution in [1.82, 2.24) is 15.0 Å². The number of aromatic nitrogens is 2. The Hall–Kier alpha value is -1.99. The Bertz CT molecular complexity index is 689. The van der Waals surface area contributed by atoms with Crippen molar-refractivity contribution in [2.45, 2.75) is 51.0 Å². The largest absolute Gasteiger partial charge is 0.485 e. The van der Waals surface area contributed by atoms with Crippen molar-refractivity contribution in [3.8, 4) is 5.75 Å². The van der Waals surface area contributed by atoms with Crippen LogP contribution in [-0.2, 0) is 17.9 Å². The monoisotopic (exact) mass is 347 g/mol. The van der Waals surface area contributed by atoms with E-state index in [0.717, 1.165) is 19.6 Å². The molecular formula is C18H22FN3O3. The van der Waals surface area contributed by atoms with Gasteiger partial charge in [-0.05, 0) is 37.1 Å². The smallest absolute Gasteiger partial charge is 0.240 e. The zero-order chi connectivity index (χ0) is 17.1. The highest BCUT2D eigenvalue weighted by Gasteiger charge is 2.34. The van der Waals surface area contributed by atoms with Gasteiger partial charge in [0.2, 0.25) is 11.7 Å². The van der Waals surface area contributed by atoms with Gasteiger partial charge in [-0.25, -0.2) is 4.39 Å². The summed E-state index contributed by atoms with van der Waals surface area (Å²) in [6, 6.07) is 6.32. The summed E-state index contributed by atoms with van der Waals surface area (Å²) in [5.41, 5.74) is 0. The molecule has 134 valence electrons. The molecule has 2 heterocycles. The van der Waals surface area contributed by atoms with Gasteiger partial charge in [0.15, 0.2) is 6.61 Å². The second-order valence-corrected chi connectivity index (χ2v) is 6.58. The van der Waals surface area contributed by atoms with E-state index in [2.05, 4.69) is 15.0 Å². The number of morpholine rings is 1. The molecule has 0 N–H and O–H groups in total. The van der Waals surface area contributed by atoms with Crippen molar-refractivity contribution in [1.29, 1.82) is 0 Å². The van der Waals surface area contributed by atoms with E-state index in [0.29, 0.717) is 36.2 Å². The van der Waals surface area contributed by atoms with Crippen LogP contribution in [0.2, 0.25) is 0 Å². The zero-order valence-corrected chi connectivity index (χ0v) is 14.1. The molecule has 1 aliphatic heterocycles. The van der Waals surface area contributed by atoms with Crippen LogP contribution >= 0.6 is 0 Å². The minimum atomic E-state index is -0.291. The van der Waals surface area contributed by atoms with E-state index in [9.17, 15) is 4.39 Å². The lowest BCUT2D eigenvalue weighted by Gasteiger charge is -2.43. The molecule has 2 aromatic rings. The molecule has 4 rings (SSSR count). The van der Waals surface area contributed by atoms with Gasteiger partial charge in [-0.1, -0.05) is 18.0 Å². The average Bonchev–Trinajstić information content (AvgIpc) is 3.09. The van der Waals surface area contributed by atoms with Gasteiger partial charge in [0, 0.05) is 12.6 Å². The highest BCUT2D eigenvalue weighted by atomic mass is 19.1. The first-order chi connectivity index (χ1) is 12.3. The Morgan fingerprint density at radius 1 is 1.20 bits per heavy atom. The highest BCUT2D eigenvalue weighted by Crippen LogP contribution is 2.29. The van der Waals surface area contributed by atoms with Gasteiger partial charge in [0.05, 0.1) is 19.3 Å². The summed E-state index contributed by atoms with van der Waals surface area (Å²) in [7, 11) is 0. The molecule has 2 aliphatic rings. The molecule has 0 bridgehead atoms. The number of benzene rings is 1. The SMILES string of the molecule is Fc1ccc(OCc2noc(CN3CCO[C@H]4CCCC[C@H]43)n2)cc1. The van der Waals surface area contributed by atoms with E-state index in [4.69, 9.17) is 14.0 Å². The van der Waals surface area contributed by atoms with Crippen LogP contribution in [0.5, 0.6) is 5.75 Å². The van der Waals surface area contributed by atoms with Crippen LogP contribution in [0.1, 0.15) is 37.4 Å². The number of hydrogen-bond acceptors (Lipinski definition) is 6. The summed E-state index contributed by atoms with van der Waals surface area (Å²) >= 11 is 0. The van der Waals surface area contributed by atoms with Crippen LogP contribution < -0.4 is 4.74 Å². The summed E-state index contributed by atoms with van der Waals surface area (Å²) in [4.78, 5) is 6.81.